The van der Waals surface area contributed by atoms with Crippen molar-refractivity contribution in [2.75, 3.05) is 13.1 Å². The number of benzene rings is 2. The summed E-state index contributed by atoms with van der Waals surface area (Å²) in [6.45, 7) is 2.18. The van der Waals surface area contributed by atoms with Gasteiger partial charge >= 0.3 is 0 Å². The lowest BCUT2D eigenvalue weighted by atomic mass is 10.1. The first kappa shape index (κ1) is 23.7. The lowest BCUT2D eigenvalue weighted by Crippen LogP contribution is -2.35. The molecule has 0 unspecified atom stereocenters. The molecule has 3 aliphatic rings. The maximum absolute atomic E-state index is 13.0. The third-order valence-electron chi connectivity index (χ3n) is 6.64. The largest absolute Gasteiger partial charge is 0.342 e. The van der Waals surface area contributed by atoms with E-state index in [1.54, 1.807) is 6.08 Å². The molecule has 1 aromatic heterocycles. The molecule has 186 valence electrons. The van der Waals surface area contributed by atoms with Crippen LogP contribution in [-0.4, -0.2) is 55.4 Å². The van der Waals surface area contributed by atoms with Crippen molar-refractivity contribution in [1.82, 2.24) is 14.5 Å². The van der Waals surface area contributed by atoms with Gasteiger partial charge in [0.2, 0.25) is 11.1 Å². The predicted molar refractivity (Wildman–Crippen MR) is 148 cm³/mol. The van der Waals surface area contributed by atoms with Crippen LogP contribution in [-0.2, 0) is 16.1 Å². The van der Waals surface area contributed by atoms with Crippen LogP contribution in [0, 0.1) is 5.41 Å². The van der Waals surface area contributed by atoms with Gasteiger partial charge < -0.3 is 9.47 Å². The Morgan fingerprint density at radius 3 is 2.65 bits per heavy atom. The van der Waals surface area contributed by atoms with E-state index in [1.165, 1.54) is 16.8 Å². The van der Waals surface area contributed by atoms with E-state index in [-0.39, 0.29) is 23.7 Å². The first-order valence-electron chi connectivity index (χ1n) is 12.1. The molecule has 3 aliphatic heterocycles. The van der Waals surface area contributed by atoms with Crippen LogP contribution in [0.2, 0.25) is 5.02 Å². The number of carbonyl (C=O) groups excluding carboxylic acids is 2. The van der Waals surface area contributed by atoms with Crippen LogP contribution in [0.25, 0.3) is 17.0 Å². The van der Waals surface area contributed by atoms with Crippen LogP contribution < -0.4 is 0 Å². The number of aromatic nitrogens is 1. The van der Waals surface area contributed by atoms with Gasteiger partial charge in [-0.1, -0.05) is 41.9 Å². The predicted octanol–water partition coefficient (Wildman–Crippen LogP) is 4.97. The standard InChI is InChI=1S/C27H23ClN6O2S/c28-19-9-7-17(8-10-19)15-33-16-18(20-5-1-2-6-22(20)33)13-21-25(29)34-27(30-26(21)36)37-23(31-34)14-24(35)32-11-3-4-12-32/h1-2,5-10,13,16,29H,3-4,11-12,14-15H2. The second-order valence-electron chi connectivity index (χ2n) is 9.13. The van der Waals surface area contributed by atoms with Gasteiger partial charge in [-0.25, -0.2) is 0 Å². The molecule has 0 bridgehead atoms. The molecule has 6 rings (SSSR count). The minimum Gasteiger partial charge on any atom is -0.342 e. The van der Waals surface area contributed by atoms with E-state index in [1.807, 2.05) is 59.6 Å². The minimum absolute atomic E-state index is 0.0197. The molecule has 8 nitrogen and oxygen atoms in total. The smallest absolute Gasteiger partial charge is 0.283 e. The minimum atomic E-state index is -0.486. The second-order valence-corrected chi connectivity index (χ2v) is 10.6. The Labute approximate surface area is 222 Å². The molecular weight excluding hydrogens is 508 g/mol. The van der Waals surface area contributed by atoms with E-state index in [0.717, 1.165) is 48.0 Å². The van der Waals surface area contributed by atoms with E-state index in [9.17, 15) is 9.59 Å². The van der Waals surface area contributed by atoms with E-state index in [4.69, 9.17) is 17.0 Å². The number of thioether (sulfide) groups is 1. The van der Waals surface area contributed by atoms with Crippen molar-refractivity contribution in [3.05, 3.63) is 76.5 Å². The van der Waals surface area contributed by atoms with E-state index >= 15 is 0 Å². The van der Waals surface area contributed by atoms with Gasteiger partial charge in [0.15, 0.2) is 5.84 Å². The fourth-order valence-electron chi connectivity index (χ4n) is 4.77. The van der Waals surface area contributed by atoms with E-state index in [0.29, 0.717) is 21.8 Å². The number of hydrogen-bond acceptors (Lipinski definition) is 5. The summed E-state index contributed by atoms with van der Waals surface area (Å²) in [5.74, 6) is -0.507. The number of rotatable bonds is 5. The van der Waals surface area contributed by atoms with Gasteiger partial charge in [0, 0.05) is 47.3 Å². The van der Waals surface area contributed by atoms with Crippen molar-refractivity contribution in [3.8, 4) is 0 Å². The highest BCUT2D eigenvalue weighted by molar-refractivity contribution is 8.27. The summed E-state index contributed by atoms with van der Waals surface area (Å²) < 4.78 is 2.11. The highest BCUT2D eigenvalue weighted by Gasteiger charge is 2.36. The van der Waals surface area contributed by atoms with Crippen molar-refractivity contribution in [1.29, 1.82) is 5.41 Å². The zero-order valence-corrected chi connectivity index (χ0v) is 21.4. The Balaban J connectivity index is 1.29. The molecule has 0 atom stereocenters. The zero-order valence-electron chi connectivity index (χ0n) is 19.9. The number of nitrogens with one attached hydrogen (secondary N) is 1. The van der Waals surface area contributed by atoms with Crippen molar-refractivity contribution in [3.63, 3.8) is 0 Å². The summed E-state index contributed by atoms with van der Waals surface area (Å²) in [5.41, 5.74) is 3.09. The monoisotopic (exact) mass is 530 g/mol. The number of likely N-dealkylation sites (tertiary alicyclic amines) is 1. The van der Waals surface area contributed by atoms with Gasteiger partial charge in [-0.2, -0.15) is 15.1 Å². The fraction of sp³-hybridized carbons (Fsp3) is 0.222. The summed E-state index contributed by atoms with van der Waals surface area (Å²) in [6.07, 6.45) is 5.88. The average molecular weight is 531 g/mol. The Bertz CT molecular complexity index is 1530. The number of hydrogen-bond donors (Lipinski definition) is 1. The molecule has 0 spiro atoms. The SMILES string of the molecule is N=C1C(=Cc2cn(Cc3ccc(Cl)cc3)c3ccccc23)C(=O)N=C2SC(CC(=O)N3CCCC3)=NN12. The zero-order chi connectivity index (χ0) is 25.5. The number of nitrogens with zero attached hydrogens (tertiary/aromatic N) is 5. The van der Waals surface area contributed by atoms with Crippen molar-refractivity contribution >= 4 is 68.2 Å². The molecule has 2 aromatic carbocycles. The fourth-order valence-corrected chi connectivity index (χ4v) is 5.78. The van der Waals surface area contributed by atoms with Crippen LogP contribution >= 0.6 is 23.4 Å². The van der Waals surface area contributed by atoms with Gasteiger partial charge in [-0.3, -0.25) is 15.0 Å². The van der Waals surface area contributed by atoms with Crippen LogP contribution in [0.4, 0.5) is 0 Å². The van der Waals surface area contributed by atoms with Crippen LogP contribution in [0.3, 0.4) is 0 Å². The summed E-state index contributed by atoms with van der Waals surface area (Å²) in [4.78, 5) is 31.6. The summed E-state index contributed by atoms with van der Waals surface area (Å²) in [7, 11) is 0. The van der Waals surface area contributed by atoms with Crippen molar-refractivity contribution in [2.24, 2.45) is 10.1 Å². The number of amides is 2. The van der Waals surface area contributed by atoms with Gasteiger partial charge in [0.1, 0.15) is 5.04 Å². The highest BCUT2D eigenvalue weighted by atomic mass is 35.5. The van der Waals surface area contributed by atoms with E-state index < -0.39 is 5.91 Å². The number of halogens is 1. The Hall–Kier alpha value is -3.69. The normalized spacial score (nSPS) is 18.6. The van der Waals surface area contributed by atoms with Crippen LogP contribution in [0.1, 0.15) is 30.4 Å². The number of amidine groups is 2. The molecule has 2 amide bonds. The first-order valence-corrected chi connectivity index (χ1v) is 13.2. The molecule has 0 aliphatic carbocycles. The second kappa shape index (κ2) is 9.64. The molecule has 0 radical (unpaired) electrons. The lowest BCUT2D eigenvalue weighted by Gasteiger charge is -2.20. The van der Waals surface area contributed by atoms with E-state index in [2.05, 4.69) is 14.7 Å². The number of carbonyl (C=O) groups is 2. The maximum Gasteiger partial charge on any atom is 0.283 e. The average Bonchev–Trinajstić information content (AvgIpc) is 3.63. The number of aliphatic imine (C=N–C) groups is 1. The summed E-state index contributed by atoms with van der Waals surface area (Å²) in [5, 5.41) is 17.1. The topological polar surface area (TPSA) is 94.1 Å². The van der Waals surface area contributed by atoms with Crippen molar-refractivity contribution < 1.29 is 9.59 Å². The summed E-state index contributed by atoms with van der Waals surface area (Å²) in [6, 6.07) is 15.7. The number of hydrazone groups is 1. The Morgan fingerprint density at radius 1 is 1.11 bits per heavy atom. The van der Waals surface area contributed by atoms with Crippen LogP contribution in [0.15, 0.2) is 70.4 Å². The van der Waals surface area contributed by atoms with Gasteiger partial charge in [0.05, 0.1) is 12.0 Å². The molecule has 1 fully saturated rings. The van der Waals surface area contributed by atoms with Gasteiger partial charge in [0.25, 0.3) is 5.91 Å². The Morgan fingerprint density at radius 2 is 1.86 bits per heavy atom. The molecule has 10 heteroatoms. The third-order valence-corrected chi connectivity index (χ3v) is 7.80. The quantitative estimate of drug-likeness (QED) is 0.471. The summed E-state index contributed by atoms with van der Waals surface area (Å²) >= 11 is 7.22. The molecule has 3 aromatic rings. The third kappa shape index (κ3) is 4.60. The van der Waals surface area contributed by atoms with Gasteiger partial charge in [-0.15, -0.1) is 0 Å². The van der Waals surface area contributed by atoms with Crippen LogP contribution in [0.5, 0.6) is 0 Å². The Kier molecular flexibility index (Phi) is 6.18. The van der Waals surface area contributed by atoms with Crippen molar-refractivity contribution in [2.45, 2.75) is 25.8 Å². The molecule has 0 saturated carbocycles. The molecule has 37 heavy (non-hydrogen) atoms. The molecular formula is C27H23ClN6O2S. The maximum atomic E-state index is 13.0. The van der Waals surface area contributed by atoms with Gasteiger partial charge in [-0.05, 0) is 54.4 Å². The number of para-hydroxylation sites is 1. The first-order chi connectivity index (χ1) is 18.0. The molecule has 1 saturated heterocycles. The molecule has 1 N–H and O–H groups in total. The highest BCUT2D eigenvalue weighted by Crippen LogP contribution is 2.31. The number of fused-ring (bicyclic) bond motifs is 2. The molecule has 4 heterocycles. The lowest BCUT2D eigenvalue weighted by molar-refractivity contribution is -0.128.